The van der Waals surface area contributed by atoms with Crippen LogP contribution in [-0.4, -0.2) is 36.4 Å². The number of carbonyl (C=O) groups is 2. The maximum Gasteiger partial charge on any atom is 0.306 e. The summed E-state index contributed by atoms with van der Waals surface area (Å²) in [6.07, 6.45) is 113. The molecule has 88 heavy (non-hydrogen) atoms. The van der Waals surface area contributed by atoms with Gasteiger partial charge in [0.2, 0.25) is 0 Å². The van der Waals surface area contributed by atoms with Crippen molar-refractivity contribution in [2.75, 3.05) is 13.2 Å². The standard InChI is InChI=1S/C83H146O5/c1-3-5-7-9-11-13-15-17-19-21-23-25-27-29-31-33-35-37-39-40-41-42-44-45-47-49-51-53-55-57-59-61-63-65-67-69-71-73-75-77-82(85)87-80-81(79-84)88-83(86)78-76-74-72-70-68-66-64-62-60-58-56-54-52-50-48-46-43-38-36-34-32-30-28-26-24-22-20-18-16-14-12-10-8-6-4-2/h6,8,12,14-15,17-18,20-21,23-24,26-27,29-30,32,36,38,81,84H,3-5,7,9-11,13,16,19,22,25,28,31,33-35,37,39-80H2,1-2H3/b8-6-,14-12-,17-15-,20-18-,23-21-,26-24-,29-27-,32-30-,38-36-. The molecule has 0 saturated carbocycles. The summed E-state index contributed by atoms with van der Waals surface area (Å²) in [5, 5.41) is 9.72. The molecule has 0 aliphatic rings. The van der Waals surface area contributed by atoms with Crippen LogP contribution in [0.1, 0.15) is 386 Å². The van der Waals surface area contributed by atoms with Crippen LogP contribution in [0.5, 0.6) is 0 Å². The molecule has 0 rings (SSSR count). The lowest BCUT2D eigenvalue weighted by molar-refractivity contribution is -0.161. The third-order valence-electron chi connectivity index (χ3n) is 17.1. The van der Waals surface area contributed by atoms with Crippen LogP contribution in [0, 0.1) is 0 Å². The highest BCUT2D eigenvalue weighted by Crippen LogP contribution is 2.19. The number of aliphatic hydroxyl groups excluding tert-OH is 1. The monoisotopic (exact) mass is 1220 g/mol. The van der Waals surface area contributed by atoms with Gasteiger partial charge in [0, 0.05) is 12.8 Å². The molecule has 5 nitrogen and oxygen atoms in total. The molecule has 0 saturated heterocycles. The number of esters is 2. The molecule has 0 aliphatic carbocycles. The van der Waals surface area contributed by atoms with Gasteiger partial charge in [-0.05, 0) is 103 Å². The highest BCUT2D eigenvalue weighted by molar-refractivity contribution is 5.70. The maximum atomic E-state index is 12.4. The minimum atomic E-state index is -0.776. The fraction of sp³-hybridized carbons (Fsp3) is 0.759. The van der Waals surface area contributed by atoms with Gasteiger partial charge in [0.05, 0.1) is 6.61 Å². The van der Waals surface area contributed by atoms with E-state index in [1.807, 2.05) is 0 Å². The van der Waals surface area contributed by atoms with E-state index in [1.165, 1.54) is 270 Å². The van der Waals surface area contributed by atoms with Gasteiger partial charge in [-0.15, -0.1) is 0 Å². The average molecular weight is 1220 g/mol. The predicted molar refractivity (Wildman–Crippen MR) is 389 cm³/mol. The Balaban J connectivity index is 3.42. The molecule has 0 aromatic carbocycles. The van der Waals surface area contributed by atoms with E-state index in [0.29, 0.717) is 12.8 Å². The molecular formula is C83H146O5. The van der Waals surface area contributed by atoms with Crippen LogP contribution in [0.4, 0.5) is 0 Å². The highest BCUT2D eigenvalue weighted by Gasteiger charge is 2.16. The first-order valence-electron chi connectivity index (χ1n) is 38.4. The number of allylic oxidation sites excluding steroid dienone is 18. The van der Waals surface area contributed by atoms with Crippen LogP contribution in [0.15, 0.2) is 109 Å². The van der Waals surface area contributed by atoms with E-state index in [0.717, 1.165) is 89.9 Å². The van der Waals surface area contributed by atoms with Crippen LogP contribution < -0.4 is 0 Å². The maximum absolute atomic E-state index is 12.4. The third kappa shape index (κ3) is 75.0. The molecule has 0 aromatic heterocycles. The van der Waals surface area contributed by atoms with Gasteiger partial charge in [-0.1, -0.05) is 380 Å². The van der Waals surface area contributed by atoms with Crippen LogP contribution in [-0.2, 0) is 19.1 Å². The van der Waals surface area contributed by atoms with E-state index in [-0.39, 0.29) is 25.2 Å². The Morgan fingerprint density at radius 2 is 0.489 bits per heavy atom. The number of hydrogen-bond acceptors (Lipinski definition) is 5. The zero-order valence-corrected chi connectivity index (χ0v) is 58.5. The third-order valence-corrected chi connectivity index (χ3v) is 17.1. The van der Waals surface area contributed by atoms with E-state index < -0.39 is 6.10 Å². The number of aliphatic hydroxyl groups is 1. The summed E-state index contributed by atoms with van der Waals surface area (Å²) in [5.41, 5.74) is 0. The average Bonchev–Trinajstić information content (AvgIpc) is 3.54. The van der Waals surface area contributed by atoms with Gasteiger partial charge < -0.3 is 14.6 Å². The lowest BCUT2D eigenvalue weighted by atomic mass is 10.0. The Morgan fingerprint density at radius 3 is 0.739 bits per heavy atom. The summed E-state index contributed by atoms with van der Waals surface area (Å²) in [6, 6.07) is 0. The fourth-order valence-electron chi connectivity index (χ4n) is 11.3. The number of unbranched alkanes of at least 4 members (excludes halogenated alkanes) is 45. The molecule has 1 N–H and O–H groups in total. The molecule has 508 valence electrons. The van der Waals surface area contributed by atoms with Crippen molar-refractivity contribution in [3.63, 3.8) is 0 Å². The topological polar surface area (TPSA) is 72.8 Å². The molecule has 0 aromatic rings. The molecular weight excluding hydrogens is 1080 g/mol. The molecule has 0 bridgehead atoms. The second-order valence-electron chi connectivity index (χ2n) is 25.7. The summed E-state index contributed by atoms with van der Waals surface area (Å²) >= 11 is 0. The molecule has 0 amide bonds. The lowest BCUT2D eigenvalue weighted by Gasteiger charge is -2.15. The molecule has 0 fully saturated rings. The Morgan fingerprint density at radius 1 is 0.273 bits per heavy atom. The Hall–Kier alpha value is -3.44. The first kappa shape index (κ1) is 84.6. The van der Waals surface area contributed by atoms with Gasteiger partial charge in [-0.2, -0.15) is 0 Å². The van der Waals surface area contributed by atoms with E-state index in [2.05, 4.69) is 123 Å². The van der Waals surface area contributed by atoms with Crippen molar-refractivity contribution in [1.29, 1.82) is 0 Å². The molecule has 0 aliphatic heterocycles. The summed E-state index contributed by atoms with van der Waals surface area (Å²) in [4.78, 5) is 24.7. The Kier molecular flexibility index (Phi) is 74.8. The van der Waals surface area contributed by atoms with Crippen LogP contribution in [0.3, 0.4) is 0 Å². The van der Waals surface area contributed by atoms with Crippen molar-refractivity contribution in [3.8, 4) is 0 Å². The minimum absolute atomic E-state index is 0.0646. The Labute approximate surface area is 548 Å². The Bertz CT molecular complexity index is 1670. The molecule has 0 spiro atoms. The van der Waals surface area contributed by atoms with E-state index in [9.17, 15) is 14.7 Å². The smallest absolute Gasteiger partial charge is 0.306 e. The van der Waals surface area contributed by atoms with Crippen molar-refractivity contribution in [2.45, 2.75) is 392 Å². The van der Waals surface area contributed by atoms with E-state index in [4.69, 9.17) is 9.47 Å². The molecule has 1 atom stereocenters. The highest BCUT2D eigenvalue weighted by atomic mass is 16.6. The minimum Gasteiger partial charge on any atom is -0.462 e. The van der Waals surface area contributed by atoms with Gasteiger partial charge in [0.15, 0.2) is 6.10 Å². The van der Waals surface area contributed by atoms with Gasteiger partial charge >= 0.3 is 11.9 Å². The number of carbonyl (C=O) groups excluding carboxylic acids is 2. The van der Waals surface area contributed by atoms with Crippen molar-refractivity contribution in [2.24, 2.45) is 0 Å². The normalized spacial score (nSPS) is 12.8. The second-order valence-corrected chi connectivity index (χ2v) is 25.7. The van der Waals surface area contributed by atoms with Gasteiger partial charge in [-0.3, -0.25) is 9.59 Å². The van der Waals surface area contributed by atoms with Crippen molar-refractivity contribution >= 4 is 11.9 Å². The predicted octanol–water partition coefficient (Wildman–Crippen LogP) is 27.1. The number of ether oxygens (including phenoxy) is 2. The summed E-state index contributed by atoms with van der Waals surface area (Å²) in [5.74, 6) is -0.575. The number of rotatable bonds is 71. The molecule has 0 heterocycles. The quantitative estimate of drug-likeness (QED) is 0.0373. The largest absolute Gasteiger partial charge is 0.462 e. The summed E-state index contributed by atoms with van der Waals surface area (Å²) in [7, 11) is 0. The first-order chi connectivity index (χ1) is 43.6. The molecule has 5 heteroatoms. The van der Waals surface area contributed by atoms with Crippen molar-refractivity contribution < 1.29 is 24.2 Å². The zero-order chi connectivity index (χ0) is 63.3. The lowest BCUT2D eigenvalue weighted by Crippen LogP contribution is -2.28. The van der Waals surface area contributed by atoms with E-state index >= 15 is 0 Å². The van der Waals surface area contributed by atoms with Crippen molar-refractivity contribution in [3.05, 3.63) is 109 Å². The van der Waals surface area contributed by atoms with E-state index in [1.54, 1.807) is 0 Å². The summed E-state index contributed by atoms with van der Waals surface area (Å²) in [6.45, 7) is 4.06. The van der Waals surface area contributed by atoms with Gasteiger partial charge in [-0.25, -0.2) is 0 Å². The fourth-order valence-corrected chi connectivity index (χ4v) is 11.3. The number of hydrogen-bond donors (Lipinski definition) is 1. The zero-order valence-electron chi connectivity index (χ0n) is 58.5. The van der Waals surface area contributed by atoms with Crippen LogP contribution >= 0.6 is 0 Å². The van der Waals surface area contributed by atoms with Gasteiger partial charge in [0.1, 0.15) is 6.61 Å². The van der Waals surface area contributed by atoms with Crippen LogP contribution in [0.2, 0.25) is 0 Å². The van der Waals surface area contributed by atoms with Crippen LogP contribution in [0.25, 0.3) is 0 Å². The van der Waals surface area contributed by atoms with Crippen molar-refractivity contribution in [1.82, 2.24) is 0 Å². The first-order valence-corrected chi connectivity index (χ1v) is 38.4. The molecule has 1 unspecified atom stereocenters. The summed E-state index contributed by atoms with van der Waals surface area (Å²) < 4.78 is 10.8. The second kappa shape index (κ2) is 77.8. The SMILES string of the molecule is CC/C=C\C/C=C\C/C=C\C/C=C\C/C=C\C/C=C\CCCCCCCCCCCCCCCCCCC(=O)OC(CO)COC(=O)CCCCCCCCCCCCCCCCCCCCCCCCCC/C=C\C/C=C\C/C=C\CCCCCCC. The molecule has 0 radical (unpaired) electrons. The van der Waals surface area contributed by atoms with Gasteiger partial charge in [0.25, 0.3) is 0 Å².